The van der Waals surface area contributed by atoms with Gasteiger partial charge in [0.1, 0.15) is 5.75 Å². The molecule has 0 radical (unpaired) electrons. The fourth-order valence-corrected chi connectivity index (χ4v) is 3.71. The number of carbonyl (C=O) groups excluding carboxylic acids is 1. The first kappa shape index (κ1) is 23.9. The van der Waals surface area contributed by atoms with Crippen LogP contribution in [0.5, 0.6) is 5.75 Å². The summed E-state index contributed by atoms with van der Waals surface area (Å²) in [5, 5.41) is 10.8. The van der Waals surface area contributed by atoms with Crippen molar-refractivity contribution in [3.63, 3.8) is 0 Å². The first-order chi connectivity index (χ1) is 12.5. The van der Waals surface area contributed by atoms with Gasteiger partial charge in [0, 0.05) is 6.42 Å². The molecule has 1 N–H and O–H groups in total. The molecule has 0 aliphatic carbocycles. The van der Waals surface area contributed by atoms with Gasteiger partial charge in [0.15, 0.2) is 0 Å². The molecule has 0 bridgehead atoms. The predicted octanol–water partition coefficient (Wildman–Crippen LogP) is 6.00. The molecule has 0 amide bonds. The summed E-state index contributed by atoms with van der Waals surface area (Å²) in [7, 11) is 0. The second kappa shape index (κ2) is 10.4. The average molecular weight is 395 g/mol. The molecule has 0 atom stereocenters. The van der Waals surface area contributed by atoms with Gasteiger partial charge in [-0.3, -0.25) is 4.79 Å². The van der Waals surface area contributed by atoms with Crippen LogP contribution in [0.15, 0.2) is 12.1 Å². The van der Waals surface area contributed by atoms with E-state index in [-0.39, 0.29) is 16.8 Å². The SMILES string of the molecule is CCCSCCCOC(=O)CCc1cc(C(C)(C)C)c(O)c(C(C)(C)C)c1. The summed E-state index contributed by atoms with van der Waals surface area (Å²) in [5.74, 6) is 2.45. The van der Waals surface area contributed by atoms with E-state index in [1.54, 1.807) is 0 Å². The Kier molecular flexibility index (Phi) is 9.20. The summed E-state index contributed by atoms with van der Waals surface area (Å²) in [6.45, 7) is 15.3. The minimum Gasteiger partial charge on any atom is -0.507 e. The van der Waals surface area contributed by atoms with Crippen molar-refractivity contribution in [3.05, 3.63) is 28.8 Å². The molecule has 0 heterocycles. The molecular weight excluding hydrogens is 356 g/mol. The monoisotopic (exact) mass is 394 g/mol. The highest BCUT2D eigenvalue weighted by molar-refractivity contribution is 7.99. The van der Waals surface area contributed by atoms with Gasteiger partial charge in [0.2, 0.25) is 0 Å². The topological polar surface area (TPSA) is 46.5 Å². The molecule has 0 spiro atoms. The van der Waals surface area contributed by atoms with E-state index in [9.17, 15) is 9.90 Å². The minimum absolute atomic E-state index is 0.141. The number of rotatable bonds is 9. The maximum absolute atomic E-state index is 12.1. The molecule has 27 heavy (non-hydrogen) atoms. The van der Waals surface area contributed by atoms with E-state index in [1.807, 2.05) is 23.9 Å². The smallest absolute Gasteiger partial charge is 0.306 e. The van der Waals surface area contributed by atoms with E-state index >= 15 is 0 Å². The van der Waals surface area contributed by atoms with Crippen LogP contribution in [0.25, 0.3) is 0 Å². The average Bonchev–Trinajstić information content (AvgIpc) is 2.54. The van der Waals surface area contributed by atoms with Crippen molar-refractivity contribution in [2.24, 2.45) is 0 Å². The lowest BCUT2D eigenvalue weighted by Gasteiger charge is -2.28. The Morgan fingerprint density at radius 1 is 1.04 bits per heavy atom. The third kappa shape index (κ3) is 8.16. The van der Waals surface area contributed by atoms with Gasteiger partial charge in [-0.05, 0) is 58.3 Å². The number of benzene rings is 1. The molecule has 0 aliphatic rings. The van der Waals surface area contributed by atoms with Crippen molar-refractivity contribution in [1.82, 2.24) is 0 Å². The van der Waals surface area contributed by atoms with Crippen molar-refractivity contribution in [2.75, 3.05) is 18.1 Å². The van der Waals surface area contributed by atoms with Crippen molar-refractivity contribution in [3.8, 4) is 5.75 Å². The Morgan fingerprint density at radius 3 is 2.07 bits per heavy atom. The molecule has 0 aromatic heterocycles. The van der Waals surface area contributed by atoms with Crippen molar-refractivity contribution < 1.29 is 14.6 Å². The molecule has 1 aromatic rings. The van der Waals surface area contributed by atoms with Crippen LogP contribution >= 0.6 is 11.8 Å². The van der Waals surface area contributed by atoms with Crippen LogP contribution in [0.3, 0.4) is 0 Å². The zero-order valence-electron chi connectivity index (χ0n) is 18.3. The fourth-order valence-electron chi connectivity index (χ4n) is 2.89. The summed E-state index contributed by atoms with van der Waals surface area (Å²) in [6.07, 6.45) is 3.11. The van der Waals surface area contributed by atoms with E-state index in [1.165, 1.54) is 12.2 Å². The molecule has 0 aliphatic heterocycles. The van der Waals surface area contributed by atoms with Gasteiger partial charge >= 0.3 is 5.97 Å². The number of ether oxygens (including phenoxy) is 1. The lowest BCUT2D eigenvalue weighted by atomic mass is 9.78. The highest BCUT2D eigenvalue weighted by Crippen LogP contribution is 2.39. The molecule has 154 valence electrons. The quantitative estimate of drug-likeness (QED) is 0.412. The Morgan fingerprint density at radius 2 is 1.59 bits per heavy atom. The van der Waals surface area contributed by atoms with Crippen LogP contribution in [0.4, 0.5) is 0 Å². The maximum atomic E-state index is 12.1. The maximum Gasteiger partial charge on any atom is 0.306 e. The van der Waals surface area contributed by atoms with Gasteiger partial charge in [0.25, 0.3) is 0 Å². The summed E-state index contributed by atoms with van der Waals surface area (Å²) < 4.78 is 5.36. The summed E-state index contributed by atoms with van der Waals surface area (Å²) in [6, 6.07) is 4.08. The van der Waals surface area contributed by atoms with Gasteiger partial charge in [-0.2, -0.15) is 11.8 Å². The Hall–Kier alpha value is -1.16. The van der Waals surface area contributed by atoms with Gasteiger partial charge in [-0.25, -0.2) is 0 Å². The van der Waals surface area contributed by atoms with Crippen molar-refractivity contribution in [1.29, 1.82) is 0 Å². The number of aromatic hydroxyl groups is 1. The number of esters is 1. The van der Waals surface area contributed by atoms with Gasteiger partial charge < -0.3 is 9.84 Å². The second-order valence-corrected chi connectivity index (χ2v) is 10.5. The van der Waals surface area contributed by atoms with Crippen LogP contribution in [-0.4, -0.2) is 29.2 Å². The standard InChI is InChI=1S/C23H38O3S/c1-8-13-27-14-9-12-26-20(24)11-10-17-15-18(22(2,3)4)21(25)19(16-17)23(5,6)7/h15-16,25H,8-14H2,1-7H3. The minimum atomic E-state index is -0.156. The molecule has 0 unspecified atom stereocenters. The summed E-state index contributed by atoms with van der Waals surface area (Å²) in [4.78, 5) is 12.1. The second-order valence-electron chi connectivity index (χ2n) is 9.23. The van der Waals surface area contributed by atoms with Crippen LogP contribution in [0, 0.1) is 0 Å². The number of carbonyl (C=O) groups is 1. The number of hydrogen-bond donors (Lipinski definition) is 1. The summed E-state index contributed by atoms with van der Waals surface area (Å²) in [5.41, 5.74) is 2.64. The first-order valence-corrected chi connectivity index (χ1v) is 11.2. The van der Waals surface area contributed by atoms with Crippen molar-refractivity contribution >= 4 is 17.7 Å². The molecule has 1 rings (SSSR count). The van der Waals surface area contributed by atoms with Gasteiger partial charge in [0.05, 0.1) is 6.61 Å². The molecule has 4 heteroatoms. The lowest BCUT2D eigenvalue weighted by molar-refractivity contribution is -0.143. The van der Waals surface area contributed by atoms with Crippen LogP contribution in [0.1, 0.15) is 84.4 Å². The molecule has 3 nitrogen and oxygen atoms in total. The highest BCUT2D eigenvalue weighted by atomic mass is 32.2. The number of phenolic OH excluding ortho intramolecular Hbond substituents is 1. The Labute approximate surface area is 170 Å². The predicted molar refractivity (Wildman–Crippen MR) is 117 cm³/mol. The largest absolute Gasteiger partial charge is 0.507 e. The molecular formula is C23H38O3S. The van der Waals surface area contributed by atoms with Crippen molar-refractivity contribution in [2.45, 2.75) is 85.0 Å². The third-order valence-electron chi connectivity index (χ3n) is 4.45. The molecule has 0 fully saturated rings. The zero-order valence-corrected chi connectivity index (χ0v) is 19.1. The van der Waals surface area contributed by atoms with Crippen LogP contribution in [-0.2, 0) is 26.8 Å². The first-order valence-electron chi connectivity index (χ1n) is 10.1. The van der Waals surface area contributed by atoms with E-state index in [0.29, 0.717) is 25.2 Å². The van der Waals surface area contributed by atoms with E-state index in [2.05, 4.69) is 48.5 Å². The van der Waals surface area contributed by atoms with E-state index < -0.39 is 0 Å². The molecule has 0 saturated heterocycles. The van der Waals surface area contributed by atoms with Crippen LogP contribution in [0.2, 0.25) is 0 Å². The number of aryl methyl sites for hydroxylation is 1. The van der Waals surface area contributed by atoms with E-state index in [4.69, 9.17) is 4.74 Å². The number of phenols is 1. The number of thioether (sulfide) groups is 1. The Bertz CT molecular complexity index is 574. The molecule has 0 saturated carbocycles. The molecule has 1 aromatic carbocycles. The normalized spacial score (nSPS) is 12.3. The zero-order chi connectivity index (χ0) is 20.7. The van der Waals surface area contributed by atoms with E-state index in [0.717, 1.165) is 28.9 Å². The van der Waals surface area contributed by atoms with Crippen LogP contribution < -0.4 is 0 Å². The third-order valence-corrected chi connectivity index (χ3v) is 5.72. The fraction of sp³-hybridized carbons (Fsp3) is 0.696. The van der Waals surface area contributed by atoms with Gasteiger partial charge in [-0.15, -0.1) is 0 Å². The highest BCUT2D eigenvalue weighted by Gasteiger charge is 2.26. The van der Waals surface area contributed by atoms with Gasteiger partial charge in [-0.1, -0.05) is 60.6 Å². The lowest BCUT2D eigenvalue weighted by Crippen LogP contribution is -2.18. The number of hydrogen-bond acceptors (Lipinski definition) is 4. The Balaban J connectivity index is 2.73. The summed E-state index contributed by atoms with van der Waals surface area (Å²) >= 11 is 1.91.